The monoisotopic (exact) mass is 382 g/mol. The van der Waals surface area contributed by atoms with Crippen LogP contribution in [0, 0.1) is 0 Å². The highest BCUT2D eigenvalue weighted by Gasteiger charge is 2.19. The van der Waals surface area contributed by atoms with Crippen LogP contribution in [0.2, 0.25) is 5.02 Å². The molecule has 3 aromatic rings. The molecule has 0 aliphatic carbocycles. The minimum Gasteiger partial charge on any atom is -0.478 e. The normalized spacial score (nSPS) is 10.8. The van der Waals surface area contributed by atoms with E-state index in [-0.39, 0.29) is 5.56 Å². The Morgan fingerprint density at radius 3 is 2.81 bits per heavy atom. The maximum Gasteiger partial charge on any atom is 0.339 e. The van der Waals surface area contributed by atoms with Crippen LogP contribution in [0.4, 0.5) is 0 Å². The molecule has 2 heterocycles. The summed E-state index contributed by atoms with van der Waals surface area (Å²) in [5, 5.41) is 16.2. The molecule has 7 heteroatoms. The Hall–Kier alpha value is -1.63. The van der Waals surface area contributed by atoms with E-state index in [4.69, 9.17) is 11.6 Å². The molecule has 0 bridgehead atoms. The molecule has 0 atom stereocenters. The van der Waals surface area contributed by atoms with Gasteiger partial charge in [0, 0.05) is 21.1 Å². The predicted octanol–water partition coefficient (Wildman–Crippen LogP) is 4.71. The van der Waals surface area contributed by atoms with Crippen LogP contribution in [0.3, 0.4) is 0 Å². The number of hydrogen-bond acceptors (Lipinski definition) is 3. The molecule has 0 saturated heterocycles. The van der Waals surface area contributed by atoms with Gasteiger partial charge in [-0.2, -0.15) is 5.10 Å². The number of carboxylic acids is 1. The fraction of sp³-hybridized carbons (Fsp3) is 0. The Morgan fingerprint density at radius 1 is 1.38 bits per heavy atom. The fourth-order valence-corrected chi connectivity index (χ4v) is 3.51. The first-order chi connectivity index (χ1) is 10.0. The summed E-state index contributed by atoms with van der Waals surface area (Å²) in [4.78, 5) is 12.2. The Labute approximate surface area is 137 Å². The van der Waals surface area contributed by atoms with E-state index in [1.165, 1.54) is 22.2 Å². The van der Waals surface area contributed by atoms with Crippen LogP contribution < -0.4 is 0 Å². The largest absolute Gasteiger partial charge is 0.478 e. The number of rotatable bonds is 3. The number of carbonyl (C=O) groups is 1. The molecular weight excluding hydrogens is 376 g/mol. The van der Waals surface area contributed by atoms with Crippen LogP contribution in [0.25, 0.3) is 16.3 Å². The molecule has 3 rings (SSSR count). The van der Waals surface area contributed by atoms with Crippen LogP contribution in [-0.2, 0) is 0 Å². The topological polar surface area (TPSA) is 55.1 Å². The molecule has 0 saturated carbocycles. The van der Waals surface area contributed by atoms with Gasteiger partial charge in [-0.05, 0) is 40.2 Å². The zero-order valence-electron chi connectivity index (χ0n) is 10.5. The van der Waals surface area contributed by atoms with Gasteiger partial charge in [0.2, 0.25) is 0 Å². The minimum atomic E-state index is -1.01. The lowest BCUT2D eigenvalue weighted by Gasteiger charge is -2.00. The number of aromatic carboxylic acids is 1. The van der Waals surface area contributed by atoms with Crippen molar-refractivity contribution < 1.29 is 9.90 Å². The first-order valence-corrected chi connectivity index (χ1v) is 7.93. The maximum absolute atomic E-state index is 11.4. The van der Waals surface area contributed by atoms with Crippen LogP contribution in [0.5, 0.6) is 0 Å². The summed E-state index contributed by atoms with van der Waals surface area (Å²) in [5.74, 6) is -1.01. The molecule has 0 amide bonds. The summed E-state index contributed by atoms with van der Waals surface area (Å²) in [6.45, 7) is 0. The Kier molecular flexibility index (Phi) is 3.84. The highest BCUT2D eigenvalue weighted by atomic mass is 79.9. The summed E-state index contributed by atoms with van der Waals surface area (Å²) in [6.07, 6.45) is 1.50. The van der Waals surface area contributed by atoms with Crippen LogP contribution in [-0.4, -0.2) is 20.9 Å². The van der Waals surface area contributed by atoms with E-state index in [1.54, 1.807) is 18.2 Å². The molecule has 0 aliphatic heterocycles. The van der Waals surface area contributed by atoms with Gasteiger partial charge in [0.25, 0.3) is 0 Å². The van der Waals surface area contributed by atoms with Gasteiger partial charge in [0.15, 0.2) is 0 Å². The maximum atomic E-state index is 11.4. The van der Waals surface area contributed by atoms with Crippen LogP contribution in [0.15, 0.2) is 46.4 Å². The molecule has 1 aromatic carbocycles. The molecule has 2 aromatic heterocycles. The van der Waals surface area contributed by atoms with Gasteiger partial charge >= 0.3 is 5.97 Å². The van der Waals surface area contributed by atoms with E-state index in [0.717, 1.165) is 9.35 Å². The molecular formula is C14H8BrClN2O2S. The number of halogens is 2. The lowest BCUT2D eigenvalue weighted by Crippen LogP contribution is -1.96. The summed E-state index contributed by atoms with van der Waals surface area (Å²) in [5.41, 5.74) is 1.31. The van der Waals surface area contributed by atoms with Crippen molar-refractivity contribution in [1.29, 1.82) is 0 Å². The number of aromatic nitrogens is 2. The summed E-state index contributed by atoms with van der Waals surface area (Å²) < 4.78 is 2.43. The lowest BCUT2D eigenvalue weighted by atomic mass is 10.2. The quantitative estimate of drug-likeness (QED) is 0.712. The first-order valence-electron chi connectivity index (χ1n) is 5.88. The number of nitrogens with zero attached hydrogens (tertiary/aromatic N) is 2. The number of carboxylic acid groups (broad SMARTS) is 1. The van der Waals surface area contributed by atoms with Gasteiger partial charge in [-0.15, -0.1) is 11.3 Å². The van der Waals surface area contributed by atoms with E-state index in [2.05, 4.69) is 21.0 Å². The van der Waals surface area contributed by atoms with E-state index in [1.807, 2.05) is 17.5 Å². The Bertz CT molecular complexity index is 828. The van der Waals surface area contributed by atoms with E-state index in [0.29, 0.717) is 16.4 Å². The zero-order chi connectivity index (χ0) is 15.0. The van der Waals surface area contributed by atoms with Gasteiger partial charge in [-0.3, -0.25) is 0 Å². The average molecular weight is 384 g/mol. The molecule has 0 spiro atoms. The second-order valence-corrected chi connectivity index (χ2v) is 6.51. The third-order valence-corrected chi connectivity index (χ3v) is 4.75. The van der Waals surface area contributed by atoms with Crippen molar-refractivity contribution in [2.75, 3.05) is 0 Å². The first kappa shape index (κ1) is 14.3. The van der Waals surface area contributed by atoms with Gasteiger partial charge < -0.3 is 5.11 Å². The van der Waals surface area contributed by atoms with E-state index >= 15 is 0 Å². The molecule has 0 radical (unpaired) electrons. The lowest BCUT2D eigenvalue weighted by molar-refractivity contribution is 0.0697. The number of benzene rings is 1. The predicted molar refractivity (Wildman–Crippen MR) is 86.5 cm³/mol. The van der Waals surface area contributed by atoms with Gasteiger partial charge in [0.1, 0.15) is 11.3 Å². The van der Waals surface area contributed by atoms with E-state index in [9.17, 15) is 9.90 Å². The smallest absolute Gasteiger partial charge is 0.339 e. The second kappa shape index (κ2) is 5.63. The number of hydrogen-bond donors (Lipinski definition) is 1. The molecule has 1 N–H and O–H groups in total. The standard InChI is InChI=1S/C14H8BrClN2O2S/c15-8-4-12(21-7-8)13-11(14(19)20)6-18(17-13)10-3-1-2-9(16)5-10/h1-7H,(H,19,20). The third kappa shape index (κ3) is 2.88. The summed E-state index contributed by atoms with van der Waals surface area (Å²) in [7, 11) is 0. The van der Waals surface area contributed by atoms with E-state index < -0.39 is 5.97 Å². The molecule has 0 aliphatic rings. The van der Waals surface area contributed by atoms with Gasteiger partial charge in [0.05, 0.1) is 10.6 Å². The number of thiophene rings is 1. The molecule has 106 valence electrons. The SMILES string of the molecule is O=C(O)c1cn(-c2cccc(Cl)c2)nc1-c1cc(Br)cs1. The van der Waals surface area contributed by atoms with Crippen molar-refractivity contribution in [3.8, 4) is 16.3 Å². The summed E-state index contributed by atoms with van der Waals surface area (Å²) in [6, 6.07) is 8.94. The van der Waals surface area contributed by atoms with Crippen molar-refractivity contribution in [2.45, 2.75) is 0 Å². The van der Waals surface area contributed by atoms with Crippen molar-refractivity contribution in [3.63, 3.8) is 0 Å². The Balaban J connectivity index is 2.15. The molecule has 4 nitrogen and oxygen atoms in total. The minimum absolute atomic E-state index is 0.157. The highest BCUT2D eigenvalue weighted by molar-refractivity contribution is 9.10. The highest BCUT2D eigenvalue weighted by Crippen LogP contribution is 2.32. The van der Waals surface area contributed by atoms with Crippen molar-refractivity contribution in [3.05, 3.63) is 57.0 Å². The van der Waals surface area contributed by atoms with Crippen LogP contribution >= 0.6 is 38.9 Å². The zero-order valence-corrected chi connectivity index (χ0v) is 13.6. The molecule has 0 fully saturated rings. The van der Waals surface area contributed by atoms with Crippen molar-refractivity contribution in [2.24, 2.45) is 0 Å². The van der Waals surface area contributed by atoms with Crippen molar-refractivity contribution in [1.82, 2.24) is 9.78 Å². The Morgan fingerprint density at radius 2 is 2.19 bits per heavy atom. The van der Waals surface area contributed by atoms with Gasteiger partial charge in [-0.25, -0.2) is 9.48 Å². The molecule has 0 unspecified atom stereocenters. The third-order valence-electron chi connectivity index (χ3n) is 2.82. The van der Waals surface area contributed by atoms with Crippen molar-refractivity contribution >= 4 is 44.8 Å². The fourth-order valence-electron chi connectivity index (χ4n) is 1.90. The van der Waals surface area contributed by atoms with Gasteiger partial charge in [-0.1, -0.05) is 17.7 Å². The molecule has 21 heavy (non-hydrogen) atoms. The average Bonchev–Trinajstić information content (AvgIpc) is 3.04. The summed E-state index contributed by atoms with van der Waals surface area (Å²) >= 11 is 10.8. The second-order valence-electron chi connectivity index (χ2n) is 4.25. The van der Waals surface area contributed by atoms with Crippen LogP contribution in [0.1, 0.15) is 10.4 Å².